The van der Waals surface area contributed by atoms with Crippen molar-refractivity contribution >= 4 is 29.8 Å². The smallest absolute Gasteiger partial charge is 0.356 e. The van der Waals surface area contributed by atoms with E-state index in [9.17, 15) is 29.1 Å². The molecule has 2 aromatic rings. The molecule has 4 rings (SSSR count). The summed E-state index contributed by atoms with van der Waals surface area (Å²) in [6, 6.07) is 17.0. The van der Waals surface area contributed by atoms with Gasteiger partial charge in [-0.05, 0) is 11.1 Å². The van der Waals surface area contributed by atoms with Gasteiger partial charge in [-0.15, -0.1) is 0 Å². The molecule has 2 aliphatic rings. The summed E-state index contributed by atoms with van der Waals surface area (Å²) in [5.74, 6) is -5.29. The van der Waals surface area contributed by atoms with E-state index in [-0.39, 0.29) is 19.8 Å². The van der Waals surface area contributed by atoms with Gasteiger partial charge in [0, 0.05) is 6.42 Å². The van der Waals surface area contributed by atoms with Crippen LogP contribution in [-0.4, -0.2) is 104 Å². The molecule has 14 nitrogen and oxygen atoms in total. The number of benzene rings is 2. The Morgan fingerprint density at radius 1 is 0.848 bits per heavy atom. The number of carbonyl (C=O) groups excluding carboxylic acids is 5. The predicted molar refractivity (Wildman–Crippen MR) is 157 cm³/mol. The van der Waals surface area contributed by atoms with Crippen molar-refractivity contribution in [3.8, 4) is 0 Å². The topological polar surface area (TPSA) is 167 Å². The van der Waals surface area contributed by atoms with Gasteiger partial charge < -0.3 is 33.5 Å². The fourth-order valence-electron chi connectivity index (χ4n) is 5.73. The molecule has 14 heteroatoms. The van der Waals surface area contributed by atoms with Gasteiger partial charge in [-0.1, -0.05) is 60.7 Å². The number of carbonyl (C=O) groups is 5. The van der Waals surface area contributed by atoms with E-state index in [0.29, 0.717) is 0 Å². The standard InChI is InChI=1S/C32H36N2O12/c1-41-25(37)16-32(31(40)44-4)26(29(38)42-2)27(30(39)43-3)33-24(36)15-22(34(32)33)28(46-18-21-13-9-6-10-14-21)23(35)19-45-17-20-11-7-5-8-12-20/h5-14,22-23,28,35H,15-19H2,1-4H3/t22?,23-,28-,32+/m0/s1. The minimum atomic E-state index is -2.46. The highest BCUT2D eigenvalue weighted by Crippen LogP contribution is 2.49. The van der Waals surface area contributed by atoms with Gasteiger partial charge >= 0.3 is 23.9 Å². The van der Waals surface area contributed by atoms with Crippen LogP contribution in [0.3, 0.4) is 0 Å². The van der Waals surface area contributed by atoms with Crippen LogP contribution in [0, 0.1) is 0 Å². The number of aliphatic hydroxyl groups excluding tert-OH is 1. The van der Waals surface area contributed by atoms with E-state index >= 15 is 0 Å². The van der Waals surface area contributed by atoms with Gasteiger partial charge in [-0.3, -0.25) is 9.59 Å². The van der Waals surface area contributed by atoms with E-state index in [0.717, 1.165) is 49.6 Å². The Morgan fingerprint density at radius 3 is 1.98 bits per heavy atom. The lowest BCUT2D eigenvalue weighted by atomic mass is 9.83. The van der Waals surface area contributed by atoms with Crippen LogP contribution >= 0.6 is 0 Å². The molecule has 0 saturated carbocycles. The molecular weight excluding hydrogens is 604 g/mol. The third-order valence-electron chi connectivity index (χ3n) is 7.77. The number of nitrogens with zero attached hydrogens (tertiary/aromatic N) is 2. The number of methoxy groups -OCH3 is 4. The zero-order valence-electron chi connectivity index (χ0n) is 25.9. The maximum Gasteiger partial charge on any atom is 0.356 e. The van der Waals surface area contributed by atoms with E-state index in [2.05, 4.69) is 0 Å². The number of hydrogen-bond acceptors (Lipinski definition) is 13. The number of aliphatic hydroxyl groups is 1. The quantitative estimate of drug-likeness (QED) is 0.230. The Bertz CT molecular complexity index is 1460. The number of hydrogen-bond donors (Lipinski definition) is 1. The van der Waals surface area contributed by atoms with Crippen molar-refractivity contribution in [2.24, 2.45) is 0 Å². The first-order valence-corrected chi connectivity index (χ1v) is 14.3. The molecule has 0 radical (unpaired) electrons. The summed E-state index contributed by atoms with van der Waals surface area (Å²) in [6.07, 6.45) is -4.00. The van der Waals surface area contributed by atoms with Crippen LogP contribution in [0.2, 0.25) is 0 Å². The molecule has 1 N–H and O–H groups in total. The highest BCUT2D eigenvalue weighted by molar-refractivity contribution is 6.12. The fourth-order valence-corrected chi connectivity index (χ4v) is 5.73. The number of rotatable bonds is 14. The molecule has 2 heterocycles. The number of amides is 1. The molecule has 1 fully saturated rings. The molecule has 0 bridgehead atoms. The van der Waals surface area contributed by atoms with Crippen LogP contribution in [0.1, 0.15) is 24.0 Å². The first-order valence-electron chi connectivity index (χ1n) is 14.3. The molecule has 246 valence electrons. The van der Waals surface area contributed by atoms with Crippen molar-refractivity contribution < 1.29 is 57.5 Å². The van der Waals surface area contributed by atoms with Crippen molar-refractivity contribution in [3.63, 3.8) is 0 Å². The normalized spacial score (nSPS) is 20.6. The fraction of sp³-hybridized carbons (Fsp3) is 0.406. The Morgan fingerprint density at radius 2 is 1.43 bits per heavy atom. The molecule has 1 saturated heterocycles. The first kappa shape index (κ1) is 34.2. The molecule has 46 heavy (non-hydrogen) atoms. The molecule has 0 spiro atoms. The molecular formula is C32H36N2O12. The molecule has 2 aliphatic heterocycles. The summed E-state index contributed by atoms with van der Waals surface area (Å²) in [6.45, 7) is -0.156. The van der Waals surface area contributed by atoms with Gasteiger partial charge in [-0.2, -0.15) is 5.01 Å². The molecule has 4 atom stereocenters. The van der Waals surface area contributed by atoms with Crippen LogP contribution in [0.4, 0.5) is 0 Å². The van der Waals surface area contributed by atoms with Crippen LogP contribution in [0.5, 0.6) is 0 Å². The predicted octanol–water partition coefficient (Wildman–Crippen LogP) is 1.06. The number of fused-ring (bicyclic) bond motifs is 1. The SMILES string of the molecule is COC(=O)C[C@]1(C(=O)OC)C(C(=O)OC)=C(C(=O)OC)N2C(=O)CC([C@H](OCc3ccccc3)[C@@H](O)COCc3ccccc3)N21. The third kappa shape index (κ3) is 6.65. The van der Waals surface area contributed by atoms with Gasteiger partial charge in [0.15, 0.2) is 11.2 Å². The maximum absolute atomic E-state index is 13.8. The van der Waals surface area contributed by atoms with Crippen molar-refractivity contribution in [3.05, 3.63) is 83.1 Å². The lowest BCUT2D eigenvalue weighted by molar-refractivity contribution is -0.182. The average Bonchev–Trinajstić information content (AvgIpc) is 3.57. The Hall–Kier alpha value is -4.63. The summed E-state index contributed by atoms with van der Waals surface area (Å²) in [5.41, 5.74) is -2.21. The molecule has 0 aliphatic carbocycles. The van der Waals surface area contributed by atoms with E-state index in [1.807, 2.05) is 36.4 Å². The van der Waals surface area contributed by atoms with Crippen molar-refractivity contribution in [2.45, 2.75) is 49.8 Å². The van der Waals surface area contributed by atoms with Gasteiger partial charge in [0.05, 0.1) is 60.7 Å². The molecule has 1 amide bonds. The first-order chi connectivity index (χ1) is 22.1. The summed E-state index contributed by atoms with van der Waals surface area (Å²) in [7, 11) is 4.10. The number of esters is 4. The Balaban J connectivity index is 1.83. The van der Waals surface area contributed by atoms with Gasteiger partial charge in [0.1, 0.15) is 17.8 Å². The zero-order valence-corrected chi connectivity index (χ0v) is 25.9. The molecule has 0 aromatic heterocycles. The molecule has 2 aromatic carbocycles. The lowest BCUT2D eigenvalue weighted by Gasteiger charge is -2.42. The monoisotopic (exact) mass is 640 g/mol. The minimum Gasteiger partial charge on any atom is -0.469 e. The van der Waals surface area contributed by atoms with Crippen molar-refractivity contribution in [1.29, 1.82) is 0 Å². The van der Waals surface area contributed by atoms with Crippen molar-refractivity contribution in [1.82, 2.24) is 10.0 Å². The summed E-state index contributed by atoms with van der Waals surface area (Å²) >= 11 is 0. The lowest BCUT2D eigenvalue weighted by Crippen LogP contribution is -2.63. The largest absolute Gasteiger partial charge is 0.469 e. The number of hydrazine groups is 1. The van der Waals surface area contributed by atoms with Crippen LogP contribution < -0.4 is 0 Å². The Kier molecular flexibility index (Phi) is 11.2. The van der Waals surface area contributed by atoms with E-state index in [1.165, 1.54) is 0 Å². The van der Waals surface area contributed by atoms with E-state index in [4.69, 9.17) is 28.4 Å². The van der Waals surface area contributed by atoms with Crippen LogP contribution in [-0.2, 0) is 65.6 Å². The maximum atomic E-state index is 13.8. The zero-order chi connectivity index (χ0) is 33.4. The average molecular weight is 641 g/mol. The summed E-state index contributed by atoms with van der Waals surface area (Å²) < 4.78 is 31.8. The van der Waals surface area contributed by atoms with Crippen LogP contribution in [0.15, 0.2) is 71.9 Å². The van der Waals surface area contributed by atoms with E-state index in [1.54, 1.807) is 24.3 Å². The van der Waals surface area contributed by atoms with Gasteiger partial charge in [0.25, 0.3) is 0 Å². The second-order valence-corrected chi connectivity index (χ2v) is 10.5. The summed E-state index contributed by atoms with van der Waals surface area (Å²) in [4.78, 5) is 67.1. The summed E-state index contributed by atoms with van der Waals surface area (Å²) in [5, 5.41) is 13.4. The van der Waals surface area contributed by atoms with Crippen molar-refractivity contribution in [2.75, 3.05) is 35.0 Å². The Labute approximate surface area is 265 Å². The molecule has 1 unspecified atom stereocenters. The second-order valence-electron chi connectivity index (χ2n) is 10.5. The van der Waals surface area contributed by atoms with Gasteiger partial charge in [-0.25, -0.2) is 19.4 Å². The van der Waals surface area contributed by atoms with Crippen LogP contribution in [0.25, 0.3) is 0 Å². The highest BCUT2D eigenvalue weighted by Gasteiger charge is 2.69. The number of ether oxygens (including phenoxy) is 6. The van der Waals surface area contributed by atoms with E-state index < -0.39 is 77.7 Å². The highest BCUT2D eigenvalue weighted by atomic mass is 16.5. The van der Waals surface area contributed by atoms with Gasteiger partial charge in [0.2, 0.25) is 5.91 Å². The third-order valence-corrected chi connectivity index (χ3v) is 7.77. The second kappa shape index (κ2) is 15.1. The minimum absolute atomic E-state index is 0.0385.